The average molecular weight is 316 g/mol. The summed E-state index contributed by atoms with van der Waals surface area (Å²) in [6.45, 7) is 2.90. The third kappa shape index (κ3) is 2.00. The van der Waals surface area contributed by atoms with Crippen molar-refractivity contribution in [1.29, 1.82) is 0 Å². The maximum absolute atomic E-state index is 13.5. The molecule has 1 aromatic carbocycles. The summed E-state index contributed by atoms with van der Waals surface area (Å²) >= 11 is 1.12. The molecule has 3 aromatic rings. The number of hydrogen-bond acceptors (Lipinski definition) is 4. The lowest BCUT2D eigenvalue weighted by Gasteiger charge is -2.26. The molecule has 1 amide bonds. The van der Waals surface area contributed by atoms with Crippen LogP contribution in [0.1, 0.15) is 26.6 Å². The van der Waals surface area contributed by atoms with Gasteiger partial charge in [0, 0.05) is 41.7 Å². The Morgan fingerprint density at radius 3 is 3.09 bits per heavy atom. The highest BCUT2D eigenvalue weighted by atomic mass is 32.1. The van der Waals surface area contributed by atoms with Crippen molar-refractivity contribution in [2.45, 2.75) is 19.9 Å². The Bertz CT molecular complexity index is 885. The highest BCUT2D eigenvalue weighted by molar-refractivity contribution is 7.07. The minimum Gasteiger partial charge on any atom is -0.358 e. The second-order valence-corrected chi connectivity index (χ2v) is 6.19. The fourth-order valence-electron chi connectivity index (χ4n) is 2.93. The highest BCUT2D eigenvalue weighted by Crippen LogP contribution is 2.29. The second kappa shape index (κ2) is 4.88. The number of rotatable bonds is 1. The molecule has 0 spiro atoms. The van der Waals surface area contributed by atoms with Gasteiger partial charge in [-0.1, -0.05) is 4.49 Å². The van der Waals surface area contributed by atoms with Crippen molar-refractivity contribution >= 4 is 28.3 Å². The maximum atomic E-state index is 13.5. The molecule has 4 rings (SSSR count). The molecule has 1 aliphatic heterocycles. The molecule has 0 fully saturated rings. The zero-order valence-electron chi connectivity index (χ0n) is 11.9. The smallest absolute Gasteiger partial charge is 0.267 e. The minimum absolute atomic E-state index is 0.0519. The predicted molar refractivity (Wildman–Crippen MR) is 81.3 cm³/mol. The van der Waals surface area contributed by atoms with Crippen LogP contribution >= 0.6 is 11.5 Å². The van der Waals surface area contributed by atoms with Crippen LogP contribution in [0.2, 0.25) is 0 Å². The molecule has 0 aliphatic carbocycles. The van der Waals surface area contributed by atoms with Gasteiger partial charge < -0.3 is 9.88 Å². The molecule has 112 valence electrons. The Morgan fingerprint density at radius 2 is 2.32 bits per heavy atom. The third-order valence-corrected chi connectivity index (χ3v) is 4.89. The quantitative estimate of drug-likeness (QED) is 0.751. The van der Waals surface area contributed by atoms with Crippen molar-refractivity contribution < 1.29 is 9.18 Å². The number of aryl methyl sites for hydroxylation is 1. The number of hydrogen-bond donors (Lipinski definition) is 1. The number of nitrogens with zero attached hydrogens (tertiary/aromatic N) is 3. The van der Waals surface area contributed by atoms with E-state index >= 15 is 0 Å². The van der Waals surface area contributed by atoms with Gasteiger partial charge in [0.2, 0.25) is 0 Å². The van der Waals surface area contributed by atoms with Gasteiger partial charge in [0.25, 0.3) is 5.91 Å². The van der Waals surface area contributed by atoms with E-state index in [1.54, 1.807) is 17.9 Å². The Labute approximate surface area is 129 Å². The van der Waals surface area contributed by atoms with E-state index in [0.717, 1.165) is 40.1 Å². The summed E-state index contributed by atoms with van der Waals surface area (Å²) in [7, 11) is 0. The van der Waals surface area contributed by atoms with Crippen molar-refractivity contribution in [3.05, 3.63) is 45.8 Å². The van der Waals surface area contributed by atoms with Gasteiger partial charge in [0.05, 0.1) is 5.69 Å². The largest absolute Gasteiger partial charge is 0.358 e. The molecule has 0 saturated carbocycles. The Morgan fingerprint density at radius 1 is 1.45 bits per heavy atom. The molecular weight excluding hydrogens is 303 g/mol. The van der Waals surface area contributed by atoms with Crippen LogP contribution in [0, 0.1) is 12.7 Å². The normalized spacial score (nSPS) is 14.4. The highest BCUT2D eigenvalue weighted by Gasteiger charge is 2.27. The number of amides is 1. The lowest BCUT2D eigenvalue weighted by Crippen LogP contribution is -2.35. The van der Waals surface area contributed by atoms with Crippen LogP contribution in [0.15, 0.2) is 18.2 Å². The van der Waals surface area contributed by atoms with Crippen LogP contribution in [-0.2, 0) is 13.0 Å². The number of nitrogens with one attached hydrogen (secondary N) is 1. The van der Waals surface area contributed by atoms with E-state index < -0.39 is 0 Å². The van der Waals surface area contributed by atoms with Crippen LogP contribution in [0.4, 0.5) is 4.39 Å². The molecule has 1 aliphatic rings. The average Bonchev–Trinajstić information content (AvgIpc) is 3.09. The summed E-state index contributed by atoms with van der Waals surface area (Å²) < 4.78 is 17.3. The van der Waals surface area contributed by atoms with Gasteiger partial charge in [-0.05, 0) is 36.7 Å². The SMILES string of the molecule is Cc1nnsc1C(=O)N1CCc2[nH]c3ccc(F)cc3c2C1. The number of H-pyrrole nitrogens is 1. The molecule has 1 N–H and O–H groups in total. The van der Waals surface area contributed by atoms with E-state index in [4.69, 9.17) is 0 Å². The first-order valence-electron chi connectivity index (χ1n) is 7.00. The van der Waals surface area contributed by atoms with Crippen LogP contribution in [0.3, 0.4) is 0 Å². The van der Waals surface area contributed by atoms with Crippen LogP contribution < -0.4 is 0 Å². The Hall–Kier alpha value is -2.28. The van der Waals surface area contributed by atoms with E-state index in [2.05, 4.69) is 14.6 Å². The van der Waals surface area contributed by atoms with Gasteiger partial charge >= 0.3 is 0 Å². The van der Waals surface area contributed by atoms with Gasteiger partial charge in [-0.15, -0.1) is 5.10 Å². The fourth-order valence-corrected chi connectivity index (χ4v) is 3.56. The molecule has 0 atom stereocenters. The van der Waals surface area contributed by atoms with Crippen molar-refractivity contribution in [2.24, 2.45) is 0 Å². The zero-order valence-corrected chi connectivity index (χ0v) is 12.7. The molecule has 0 bridgehead atoms. The molecule has 5 nitrogen and oxygen atoms in total. The number of carbonyl (C=O) groups excluding carboxylic acids is 1. The van der Waals surface area contributed by atoms with Crippen molar-refractivity contribution in [3.63, 3.8) is 0 Å². The third-order valence-electron chi connectivity index (χ3n) is 4.07. The van der Waals surface area contributed by atoms with Gasteiger partial charge in [-0.2, -0.15) is 0 Å². The number of aromatic nitrogens is 3. The van der Waals surface area contributed by atoms with Gasteiger partial charge in [-0.3, -0.25) is 4.79 Å². The minimum atomic E-state index is -0.264. The number of fused-ring (bicyclic) bond motifs is 3. The molecule has 7 heteroatoms. The van der Waals surface area contributed by atoms with Crippen LogP contribution in [0.25, 0.3) is 10.9 Å². The standard InChI is InChI=1S/C15H13FN4OS/c1-8-14(22-19-18-8)15(21)20-5-4-13-11(7-20)10-6-9(16)2-3-12(10)17-13/h2-3,6,17H,4-5,7H2,1H3. The van der Waals surface area contributed by atoms with Gasteiger partial charge in [-0.25, -0.2) is 4.39 Å². The van der Waals surface area contributed by atoms with Crippen molar-refractivity contribution in [3.8, 4) is 0 Å². The monoisotopic (exact) mass is 316 g/mol. The molecule has 22 heavy (non-hydrogen) atoms. The molecule has 0 unspecified atom stereocenters. The molecular formula is C15H13FN4OS. The predicted octanol–water partition coefficient (Wildman–Crippen LogP) is 2.67. The summed E-state index contributed by atoms with van der Waals surface area (Å²) in [6, 6.07) is 4.71. The topological polar surface area (TPSA) is 61.9 Å². The molecule has 2 aromatic heterocycles. The fraction of sp³-hybridized carbons (Fsp3) is 0.267. The Kier molecular flexibility index (Phi) is 2.97. The number of aromatic amines is 1. The first-order chi connectivity index (χ1) is 10.6. The lowest BCUT2D eigenvalue weighted by molar-refractivity contribution is 0.0739. The zero-order chi connectivity index (χ0) is 15.3. The van der Waals surface area contributed by atoms with E-state index in [1.807, 2.05) is 0 Å². The first-order valence-corrected chi connectivity index (χ1v) is 7.78. The van der Waals surface area contributed by atoms with Crippen LogP contribution in [-0.4, -0.2) is 31.9 Å². The second-order valence-electron chi connectivity index (χ2n) is 5.44. The van der Waals surface area contributed by atoms with Gasteiger partial charge in [0.15, 0.2) is 0 Å². The summed E-state index contributed by atoms with van der Waals surface area (Å²) in [5.41, 5.74) is 3.66. The molecule has 0 radical (unpaired) electrons. The number of carbonyl (C=O) groups is 1. The van der Waals surface area contributed by atoms with E-state index in [1.165, 1.54) is 12.1 Å². The first kappa shape index (κ1) is 13.4. The summed E-state index contributed by atoms with van der Waals surface area (Å²) in [6.07, 6.45) is 0.739. The van der Waals surface area contributed by atoms with Crippen LogP contribution in [0.5, 0.6) is 0 Å². The number of halogens is 1. The lowest BCUT2D eigenvalue weighted by atomic mass is 10.0. The van der Waals surface area contributed by atoms with Crippen molar-refractivity contribution in [2.75, 3.05) is 6.54 Å². The van der Waals surface area contributed by atoms with E-state index in [0.29, 0.717) is 23.7 Å². The number of benzene rings is 1. The van der Waals surface area contributed by atoms with Crippen molar-refractivity contribution in [1.82, 2.24) is 19.5 Å². The van der Waals surface area contributed by atoms with E-state index in [-0.39, 0.29) is 11.7 Å². The summed E-state index contributed by atoms with van der Waals surface area (Å²) in [5, 5.41) is 4.75. The maximum Gasteiger partial charge on any atom is 0.267 e. The summed E-state index contributed by atoms with van der Waals surface area (Å²) in [4.78, 5) is 18.3. The molecule has 3 heterocycles. The molecule has 0 saturated heterocycles. The summed E-state index contributed by atoms with van der Waals surface area (Å²) in [5.74, 6) is -0.316. The van der Waals surface area contributed by atoms with Gasteiger partial charge in [0.1, 0.15) is 10.7 Å². The Balaban J connectivity index is 1.72. The van der Waals surface area contributed by atoms with E-state index in [9.17, 15) is 9.18 Å².